The second-order valence-corrected chi connectivity index (χ2v) is 3.98. The van der Waals surface area contributed by atoms with Crippen LogP contribution in [0.5, 0.6) is 0 Å². The molecule has 2 heterocycles. The number of hydrogen-bond donors (Lipinski definition) is 2. The van der Waals surface area contributed by atoms with Gasteiger partial charge in [-0.15, -0.1) is 0 Å². The van der Waals surface area contributed by atoms with Crippen molar-refractivity contribution in [3.63, 3.8) is 0 Å². The number of hydrazine groups is 1. The van der Waals surface area contributed by atoms with E-state index in [-0.39, 0.29) is 6.04 Å². The summed E-state index contributed by atoms with van der Waals surface area (Å²) in [7, 11) is 0. The fourth-order valence-electron chi connectivity index (χ4n) is 1.97. The van der Waals surface area contributed by atoms with Crippen LogP contribution in [0.4, 0.5) is 0 Å². The lowest BCUT2D eigenvalue weighted by atomic mass is 10.1. The van der Waals surface area contributed by atoms with Crippen LogP contribution in [0.1, 0.15) is 31.1 Å². The molecule has 0 spiro atoms. The Balaban J connectivity index is 1.90. The van der Waals surface area contributed by atoms with E-state index in [0.29, 0.717) is 6.54 Å². The molecule has 4 nitrogen and oxygen atoms in total. The standard InChI is InChI=1S/C11H19N3O/c12-9-10(11-5-4-8-15-11)13-14-6-2-1-3-7-14/h4-5,8,10,13H,1-3,6-7,9,12H2. The average Bonchev–Trinajstić information content (AvgIpc) is 2.81. The van der Waals surface area contributed by atoms with Crippen LogP contribution < -0.4 is 11.2 Å². The van der Waals surface area contributed by atoms with Gasteiger partial charge in [-0.3, -0.25) is 0 Å². The molecular formula is C11H19N3O. The first kappa shape index (κ1) is 10.7. The monoisotopic (exact) mass is 209 g/mol. The predicted octanol–water partition coefficient (Wildman–Crippen LogP) is 1.27. The highest BCUT2D eigenvalue weighted by Gasteiger charge is 2.17. The smallest absolute Gasteiger partial charge is 0.123 e. The van der Waals surface area contributed by atoms with Crippen LogP contribution in [0.25, 0.3) is 0 Å². The van der Waals surface area contributed by atoms with Gasteiger partial charge in [-0.05, 0) is 25.0 Å². The molecule has 1 aliphatic heterocycles. The maximum atomic E-state index is 5.73. The number of furan rings is 1. The molecule has 0 amide bonds. The molecule has 4 heteroatoms. The Bertz CT molecular complexity index is 267. The molecule has 3 N–H and O–H groups in total. The third kappa shape index (κ3) is 2.81. The van der Waals surface area contributed by atoms with Crippen LogP contribution in [0, 0.1) is 0 Å². The fourth-order valence-corrected chi connectivity index (χ4v) is 1.97. The lowest BCUT2D eigenvalue weighted by molar-refractivity contribution is 0.123. The van der Waals surface area contributed by atoms with E-state index in [1.807, 2.05) is 12.1 Å². The lowest BCUT2D eigenvalue weighted by Gasteiger charge is -2.30. The van der Waals surface area contributed by atoms with E-state index < -0.39 is 0 Å². The second kappa shape index (κ2) is 5.30. The lowest BCUT2D eigenvalue weighted by Crippen LogP contribution is -2.45. The number of rotatable bonds is 4. The molecule has 0 aromatic carbocycles. The minimum Gasteiger partial charge on any atom is -0.468 e. The zero-order valence-corrected chi connectivity index (χ0v) is 8.98. The molecule has 1 aromatic heterocycles. The summed E-state index contributed by atoms with van der Waals surface area (Å²) in [6, 6.07) is 3.97. The molecule has 0 bridgehead atoms. The van der Waals surface area contributed by atoms with Gasteiger partial charge in [-0.2, -0.15) is 0 Å². The summed E-state index contributed by atoms with van der Waals surface area (Å²) in [5.41, 5.74) is 9.15. The summed E-state index contributed by atoms with van der Waals surface area (Å²) in [6.45, 7) is 2.78. The first-order valence-corrected chi connectivity index (χ1v) is 5.65. The first-order chi connectivity index (χ1) is 7.40. The number of hydrogen-bond acceptors (Lipinski definition) is 4. The van der Waals surface area contributed by atoms with E-state index in [1.54, 1.807) is 6.26 Å². The number of nitrogens with two attached hydrogens (primary N) is 1. The molecule has 1 unspecified atom stereocenters. The summed E-state index contributed by atoms with van der Waals surface area (Å²) in [5, 5.41) is 2.25. The number of nitrogens with zero attached hydrogens (tertiary/aromatic N) is 1. The van der Waals surface area contributed by atoms with Crippen LogP contribution in [0.15, 0.2) is 22.8 Å². The average molecular weight is 209 g/mol. The van der Waals surface area contributed by atoms with E-state index in [0.717, 1.165) is 18.8 Å². The van der Waals surface area contributed by atoms with E-state index in [4.69, 9.17) is 10.2 Å². The van der Waals surface area contributed by atoms with Crippen molar-refractivity contribution in [2.24, 2.45) is 5.73 Å². The first-order valence-electron chi connectivity index (χ1n) is 5.65. The van der Waals surface area contributed by atoms with Gasteiger partial charge in [-0.25, -0.2) is 10.4 Å². The summed E-state index contributed by atoms with van der Waals surface area (Å²) >= 11 is 0. The molecule has 1 aliphatic rings. The van der Waals surface area contributed by atoms with Gasteiger partial charge in [-0.1, -0.05) is 6.42 Å². The van der Waals surface area contributed by atoms with E-state index in [9.17, 15) is 0 Å². The summed E-state index contributed by atoms with van der Waals surface area (Å²) in [6.07, 6.45) is 5.56. The SMILES string of the molecule is NCC(NN1CCCCC1)c1ccco1. The number of nitrogens with one attached hydrogen (secondary N) is 1. The van der Waals surface area contributed by atoms with Gasteiger partial charge in [0.15, 0.2) is 0 Å². The fraction of sp³-hybridized carbons (Fsp3) is 0.636. The van der Waals surface area contributed by atoms with Gasteiger partial charge in [0.05, 0.1) is 12.3 Å². The maximum absolute atomic E-state index is 5.73. The van der Waals surface area contributed by atoms with Crippen molar-refractivity contribution in [2.75, 3.05) is 19.6 Å². The topological polar surface area (TPSA) is 54.4 Å². The molecule has 84 valence electrons. The zero-order valence-electron chi connectivity index (χ0n) is 8.98. The molecule has 1 saturated heterocycles. The number of piperidine rings is 1. The normalized spacial score (nSPS) is 20.3. The van der Waals surface area contributed by atoms with Gasteiger partial charge in [0.25, 0.3) is 0 Å². The zero-order chi connectivity index (χ0) is 10.5. The second-order valence-electron chi connectivity index (χ2n) is 3.98. The van der Waals surface area contributed by atoms with Crippen LogP contribution in [0.3, 0.4) is 0 Å². The largest absolute Gasteiger partial charge is 0.468 e. The summed E-state index contributed by atoms with van der Waals surface area (Å²) in [5.74, 6) is 0.920. The third-order valence-electron chi connectivity index (χ3n) is 2.82. The van der Waals surface area contributed by atoms with Crippen LogP contribution in [0.2, 0.25) is 0 Å². The van der Waals surface area contributed by atoms with Gasteiger partial charge in [0.1, 0.15) is 5.76 Å². The van der Waals surface area contributed by atoms with Gasteiger partial charge in [0.2, 0.25) is 0 Å². The highest BCUT2D eigenvalue weighted by atomic mass is 16.3. The maximum Gasteiger partial charge on any atom is 0.123 e. The van der Waals surface area contributed by atoms with Crippen molar-refractivity contribution in [1.29, 1.82) is 0 Å². The highest BCUT2D eigenvalue weighted by molar-refractivity contribution is 5.04. The molecule has 0 saturated carbocycles. The summed E-state index contributed by atoms with van der Waals surface area (Å²) < 4.78 is 5.36. The van der Waals surface area contributed by atoms with Gasteiger partial charge in [0, 0.05) is 19.6 Å². The third-order valence-corrected chi connectivity index (χ3v) is 2.82. The van der Waals surface area contributed by atoms with Crippen molar-refractivity contribution < 1.29 is 4.42 Å². The van der Waals surface area contributed by atoms with Crippen molar-refractivity contribution in [3.05, 3.63) is 24.2 Å². The van der Waals surface area contributed by atoms with Crippen LogP contribution in [-0.2, 0) is 0 Å². The van der Waals surface area contributed by atoms with E-state index in [1.165, 1.54) is 19.3 Å². The molecule has 0 radical (unpaired) electrons. The molecule has 0 aliphatic carbocycles. The quantitative estimate of drug-likeness (QED) is 0.784. The van der Waals surface area contributed by atoms with Crippen molar-refractivity contribution in [3.8, 4) is 0 Å². The predicted molar refractivity (Wildman–Crippen MR) is 59.1 cm³/mol. The van der Waals surface area contributed by atoms with E-state index >= 15 is 0 Å². The Morgan fingerprint density at radius 3 is 2.80 bits per heavy atom. The molecule has 2 rings (SSSR count). The highest BCUT2D eigenvalue weighted by Crippen LogP contribution is 2.14. The Hall–Kier alpha value is -0.840. The van der Waals surface area contributed by atoms with Crippen LogP contribution >= 0.6 is 0 Å². The van der Waals surface area contributed by atoms with Crippen molar-refractivity contribution in [2.45, 2.75) is 25.3 Å². The van der Waals surface area contributed by atoms with Crippen molar-refractivity contribution >= 4 is 0 Å². The molecule has 1 fully saturated rings. The Labute approximate surface area is 90.4 Å². The minimum atomic E-state index is 0.109. The Morgan fingerprint density at radius 2 is 2.20 bits per heavy atom. The van der Waals surface area contributed by atoms with Crippen LogP contribution in [-0.4, -0.2) is 24.6 Å². The Morgan fingerprint density at radius 1 is 1.40 bits per heavy atom. The van der Waals surface area contributed by atoms with E-state index in [2.05, 4.69) is 10.4 Å². The Kier molecular flexibility index (Phi) is 3.77. The molecule has 1 aromatic rings. The van der Waals surface area contributed by atoms with Gasteiger partial charge < -0.3 is 10.2 Å². The molecule has 1 atom stereocenters. The molecule has 15 heavy (non-hydrogen) atoms. The van der Waals surface area contributed by atoms with Crippen molar-refractivity contribution in [1.82, 2.24) is 10.4 Å². The summed E-state index contributed by atoms with van der Waals surface area (Å²) in [4.78, 5) is 0. The minimum absolute atomic E-state index is 0.109. The molecular weight excluding hydrogens is 190 g/mol. The van der Waals surface area contributed by atoms with Gasteiger partial charge >= 0.3 is 0 Å².